The van der Waals surface area contributed by atoms with Crippen LogP contribution in [0.15, 0.2) is 18.2 Å². The molecule has 0 aliphatic rings. The van der Waals surface area contributed by atoms with Crippen LogP contribution in [0.3, 0.4) is 0 Å². The zero-order valence-electron chi connectivity index (χ0n) is 10.9. The van der Waals surface area contributed by atoms with E-state index in [4.69, 9.17) is 19.9 Å². The molecule has 0 fully saturated rings. The van der Waals surface area contributed by atoms with Gasteiger partial charge >= 0.3 is 6.18 Å². The van der Waals surface area contributed by atoms with Crippen LogP contribution in [0.2, 0.25) is 0 Å². The minimum atomic E-state index is -4.57. The first-order valence-corrected chi connectivity index (χ1v) is 5.92. The van der Waals surface area contributed by atoms with Crippen LogP contribution in [0.1, 0.15) is 0 Å². The molecule has 0 spiro atoms. The van der Waals surface area contributed by atoms with E-state index in [2.05, 4.69) is 12.2 Å². The highest BCUT2D eigenvalue weighted by Crippen LogP contribution is 2.38. The van der Waals surface area contributed by atoms with Crippen molar-refractivity contribution in [3.8, 4) is 17.2 Å². The number of ether oxygens (including phenoxy) is 3. The summed E-state index contributed by atoms with van der Waals surface area (Å²) < 4.78 is 53.4. The molecule has 0 saturated carbocycles. The molecule has 1 unspecified atom stereocenters. The number of thiocarbonyl (C=S) groups is 1. The van der Waals surface area contributed by atoms with Crippen molar-refractivity contribution in [2.75, 3.05) is 20.8 Å². The van der Waals surface area contributed by atoms with Gasteiger partial charge in [-0.25, -0.2) is 0 Å². The van der Waals surface area contributed by atoms with Gasteiger partial charge in [0.2, 0.25) is 5.75 Å². The van der Waals surface area contributed by atoms with E-state index in [0.717, 1.165) is 0 Å². The molecule has 0 amide bonds. The molecule has 112 valence electrons. The lowest BCUT2D eigenvalue weighted by atomic mass is 10.1. The number of rotatable bonds is 6. The molecule has 4 nitrogen and oxygen atoms in total. The van der Waals surface area contributed by atoms with Crippen LogP contribution in [0.4, 0.5) is 13.2 Å². The molecular formula is C12H14F3NO3S. The predicted octanol–water partition coefficient (Wildman–Crippen LogP) is 2.55. The Morgan fingerprint density at radius 2 is 1.75 bits per heavy atom. The summed E-state index contributed by atoms with van der Waals surface area (Å²) in [6.45, 7) is -0.741. The fraction of sp³-hybridized carbons (Fsp3) is 0.417. The number of nitrogens with two attached hydrogens (primary N) is 1. The number of hydrogen-bond acceptors (Lipinski definition) is 4. The fourth-order valence-electron chi connectivity index (χ4n) is 1.46. The van der Waals surface area contributed by atoms with Gasteiger partial charge in [0.1, 0.15) is 12.5 Å². The third-order valence-electron chi connectivity index (χ3n) is 2.52. The van der Waals surface area contributed by atoms with Crippen LogP contribution < -0.4 is 19.9 Å². The molecule has 1 aromatic rings. The van der Waals surface area contributed by atoms with Crippen molar-refractivity contribution >= 4 is 17.2 Å². The number of hydrogen-bond donors (Lipinski definition) is 1. The number of halogens is 3. The molecule has 0 aliphatic carbocycles. The smallest absolute Gasteiger partial charge is 0.401 e. The zero-order chi connectivity index (χ0) is 15.3. The minimum Gasteiger partial charge on any atom is -0.493 e. The first-order valence-electron chi connectivity index (χ1n) is 5.51. The van der Waals surface area contributed by atoms with E-state index >= 15 is 0 Å². The average molecular weight is 309 g/mol. The first-order chi connectivity index (χ1) is 9.31. The Kier molecular flexibility index (Phi) is 5.43. The van der Waals surface area contributed by atoms with E-state index in [1.807, 2.05) is 0 Å². The summed E-state index contributed by atoms with van der Waals surface area (Å²) in [5, 5.41) is 0. The third kappa shape index (κ3) is 3.89. The van der Waals surface area contributed by atoms with Gasteiger partial charge in [-0.2, -0.15) is 13.2 Å². The Morgan fingerprint density at radius 3 is 2.10 bits per heavy atom. The molecule has 0 bridgehead atoms. The van der Waals surface area contributed by atoms with Crippen molar-refractivity contribution in [2.24, 2.45) is 11.7 Å². The van der Waals surface area contributed by atoms with Gasteiger partial charge in [0.25, 0.3) is 0 Å². The largest absolute Gasteiger partial charge is 0.493 e. The van der Waals surface area contributed by atoms with Crippen molar-refractivity contribution in [1.29, 1.82) is 0 Å². The molecule has 0 heterocycles. The van der Waals surface area contributed by atoms with Crippen molar-refractivity contribution in [1.82, 2.24) is 0 Å². The van der Waals surface area contributed by atoms with E-state index < -0.39 is 23.7 Å². The zero-order valence-corrected chi connectivity index (χ0v) is 11.7. The van der Waals surface area contributed by atoms with E-state index in [1.54, 1.807) is 18.2 Å². The topological polar surface area (TPSA) is 53.7 Å². The van der Waals surface area contributed by atoms with Crippen molar-refractivity contribution < 1.29 is 27.4 Å². The molecular weight excluding hydrogens is 295 g/mol. The summed E-state index contributed by atoms with van der Waals surface area (Å²) in [5.41, 5.74) is 5.10. The SMILES string of the molecule is COc1cccc(OC)c1OCC(C(N)=S)C(F)(F)F. The van der Waals surface area contributed by atoms with Gasteiger partial charge in [0.15, 0.2) is 11.5 Å². The summed E-state index contributed by atoms with van der Waals surface area (Å²) in [6.07, 6.45) is -4.57. The van der Waals surface area contributed by atoms with Crippen molar-refractivity contribution in [2.45, 2.75) is 6.18 Å². The van der Waals surface area contributed by atoms with Gasteiger partial charge in [-0.15, -0.1) is 0 Å². The minimum absolute atomic E-state index is 0.0722. The standard InChI is InChI=1S/C12H14F3NO3S/c1-17-8-4-3-5-9(18-2)10(8)19-6-7(11(16)20)12(13,14)15/h3-5,7H,6H2,1-2H3,(H2,16,20). The van der Waals surface area contributed by atoms with E-state index in [0.29, 0.717) is 0 Å². The highest BCUT2D eigenvalue weighted by atomic mass is 32.1. The summed E-state index contributed by atoms with van der Waals surface area (Å²) in [4.78, 5) is -0.675. The van der Waals surface area contributed by atoms with Gasteiger partial charge in [-0.05, 0) is 12.1 Å². The second-order valence-electron chi connectivity index (χ2n) is 3.80. The molecule has 0 aliphatic heterocycles. The molecule has 2 N–H and O–H groups in total. The lowest BCUT2D eigenvalue weighted by Gasteiger charge is -2.21. The fourth-order valence-corrected chi connectivity index (χ4v) is 1.67. The molecule has 8 heteroatoms. The maximum Gasteiger partial charge on any atom is 0.401 e. The van der Waals surface area contributed by atoms with Gasteiger partial charge in [0, 0.05) is 0 Å². The number of para-hydroxylation sites is 1. The molecule has 20 heavy (non-hydrogen) atoms. The second-order valence-corrected chi connectivity index (χ2v) is 4.27. The molecule has 1 aromatic carbocycles. The van der Waals surface area contributed by atoms with E-state index in [9.17, 15) is 13.2 Å². The predicted molar refractivity (Wildman–Crippen MR) is 71.4 cm³/mol. The highest BCUT2D eigenvalue weighted by molar-refractivity contribution is 7.80. The van der Waals surface area contributed by atoms with Gasteiger partial charge in [0.05, 0.1) is 19.2 Å². The lowest BCUT2D eigenvalue weighted by molar-refractivity contribution is -0.161. The molecule has 1 rings (SSSR count). The maximum absolute atomic E-state index is 12.7. The van der Waals surface area contributed by atoms with Crippen LogP contribution in [0.25, 0.3) is 0 Å². The Bertz CT molecular complexity index is 457. The van der Waals surface area contributed by atoms with Crippen LogP contribution >= 0.6 is 12.2 Å². The second kappa shape index (κ2) is 6.65. The summed E-state index contributed by atoms with van der Waals surface area (Å²) >= 11 is 4.42. The Morgan fingerprint density at radius 1 is 1.25 bits per heavy atom. The highest BCUT2D eigenvalue weighted by Gasteiger charge is 2.42. The van der Waals surface area contributed by atoms with E-state index in [-0.39, 0.29) is 17.2 Å². The van der Waals surface area contributed by atoms with Crippen molar-refractivity contribution in [3.05, 3.63) is 18.2 Å². The van der Waals surface area contributed by atoms with Crippen LogP contribution in [-0.2, 0) is 0 Å². The van der Waals surface area contributed by atoms with Gasteiger partial charge in [-0.3, -0.25) is 0 Å². The van der Waals surface area contributed by atoms with Crippen LogP contribution in [-0.4, -0.2) is 32.0 Å². The average Bonchev–Trinajstić information content (AvgIpc) is 2.36. The molecule has 0 radical (unpaired) electrons. The van der Waals surface area contributed by atoms with Crippen LogP contribution in [0, 0.1) is 5.92 Å². The van der Waals surface area contributed by atoms with Crippen molar-refractivity contribution in [3.63, 3.8) is 0 Å². The number of benzene rings is 1. The normalized spacial score (nSPS) is 12.7. The number of alkyl halides is 3. The Balaban J connectivity index is 2.96. The lowest BCUT2D eigenvalue weighted by Crippen LogP contribution is -2.38. The summed E-state index contributed by atoms with van der Waals surface area (Å²) in [5.74, 6) is -1.45. The van der Waals surface area contributed by atoms with Gasteiger partial charge in [-0.1, -0.05) is 18.3 Å². The van der Waals surface area contributed by atoms with Crippen LogP contribution in [0.5, 0.6) is 17.2 Å². The summed E-state index contributed by atoms with van der Waals surface area (Å²) in [7, 11) is 2.74. The summed E-state index contributed by atoms with van der Waals surface area (Å²) in [6, 6.07) is 4.71. The first kappa shape index (κ1) is 16.4. The Labute approximate surface area is 119 Å². The molecule has 0 saturated heterocycles. The molecule has 0 aromatic heterocycles. The monoisotopic (exact) mass is 309 g/mol. The third-order valence-corrected chi connectivity index (χ3v) is 2.80. The maximum atomic E-state index is 12.7. The molecule has 1 atom stereocenters. The quantitative estimate of drug-likeness (QED) is 0.819. The van der Waals surface area contributed by atoms with Gasteiger partial charge < -0.3 is 19.9 Å². The van der Waals surface area contributed by atoms with E-state index in [1.165, 1.54) is 14.2 Å². The Hall–Kier alpha value is -1.70. The number of methoxy groups -OCH3 is 2.